The summed E-state index contributed by atoms with van der Waals surface area (Å²) in [5.41, 5.74) is 0.870. The molecule has 190 valence electrons. The van der Waals surface area contributed by atoms with Crippen molar-refractivity contribution in [3.05, 3.63) is 55.2 Å². The third kappa shape index (κ3) is 8.33. The lowest BCUT2D eigenvalue weighted by Crippen LogP contribution is -2.13. The number of halogens is 2. The van der Waals surface area contributed by atoms with Crippen molar-refractivity contribution in [1.29, 1.82) is 0 Å². The second kappa shape index (κ2) is 14.6. The molecule has 0 saturated carbocycles. The van der Waals surface area contributed by atoms with Gasteiger partial charge in [0.15, 0.2) is 5.43 Å². The number of hydrogen-bond donors (Lipinski definition) is 1. The van der Waals surface area contributed by atoms with E-state index >= 15 is 0 Å². The van der Waals surface area contributed by atoms with Crippen molar-refractivity contribution in [2.45, 2.75) is 6.92 Å². The van der Waals surface area contributed by atoms with Gasteiger partial charge in [0.05, 0.1) is 66.8 Å². The van der Waals surface area contributed by atoms with Gasteiger partial charge in [-0.2, -0.15) is 0 Å². The monoisotopic (exact) mass is 618 g/mol. The molecule has 3 rings (SSSR count). The zero-order valence-electron chi connectivity index (χ0n) is 19.4. The lowest BCUT2D eigenvalue weighted by Gasteiger charge is -2.11. The fraction of sp³-hybridized carbons (Fsp3) is 0.400. The number of benzene rings is 2. The van der Waals surface area contributed by atoms with Crippen molar-refractivity contribution >= 4 is 45.2 Å². The summed E-state index contributed by atoms with van der Waals surface area (Å²) in [4.78, 5) is 12.7. The van der Waals surface area contributed by atoms with E-state index in [9.17, 15) is 4.79 Å². The Balaban J connectivity index is 1.53. The lowest BCUT2D eigenvalue weighted by atomic mass is 10.1. The van der Waals surface area contributed by atoms with Crippen molar-refractivity contribution in [2.75, 3.05) is 59.5 Å². The van der Waals surface area contributed by atoms with Gasteiger partial charge in [-0.25, -0.2) is 0 Å². The summed E-state index contributed by atoms with van der Waals surface area (Å²) < 4.78 is 34.1. The highest BCUT2D eigenvalue weighted by Crippen LogP contribution is 2.33. The van der Waals surface area contributed by atoms with Gasteiger partial charge in [0.2, 0.25) is 0 Å². The molecular formula is C25H28ClIO8. The molecule has 1 aromatic heterocycles. The largest absolute Gasteiger partial charge is 0.493 e. The molecule has 0 aliphatic rings. The fourth-order valence-corrected chi connectivity index (χ4v) is 4.05. The van der Waals surface area contributed by atoms with Gasteiger partial charge >= 0.3 is 0 Å². The zero-order chi connectivity index (χ0) is 25.0. The van der Waals surface area contributed by atoms with Gasteiger partial charge in [0.1, 0.15) is 29.4 Å². The first-order chi connectivity index (χ1) is 17.0. The van der Waals surface area contributed by atoms with Crippen LogP contribution >= 0.6 is 34.2 Å². The molecular weight excluding hydrogens is 591 g/mol. The van der Waals surface area contributed by atoms with Gasteiger partial charge in [0.25, 0.3) is 0 Å². The summed E-state index contributed by atoms with van der Waals surface area (Å²) in [6.07, 6.45) is 0. The van der Waals surface area contributed by atoms with Crippen LogP contribution in [0.4, 0.5) is 0 Å². The molecule has 0 aliphatic carbocycles. The second-order valence-electron chi connectivity index (χ2n) is 7.24. The molecule has 35 heavy (non-hydrogen) atoms. The molecule has 0 atom stereocenters. The minimum Gasteiger partial charge on any atom is -0.493 e. The van der Waals surface area contributed by atoms with Crippen molar-refractivity contribution in [1.82, 2.24) is 0 Å². The molecule has 0 bridgehead atoms. The smallest absolute Gasteiger partial charge is 0.193 e. The highest BCUT2D eigenvalue weighted by molar-refractivity contribution is 14.1. The standard InChI is InChI=1S/C25H28ClIO8/c1-2-33-25-16-24-19(14-21(25)27)22(29)15-23(35-24)18-4-3-17(13-20(18)26)34-12-11-32-10-9-31-8-7-30-6-5-28/h3-4,13-16,28H,2,5-12H2,1H3. The van der Waals surface area contributed by atoms with Crippen LogP contribution in [0.3, 0.4) is 0 Å². The Morgan fingerprint density at radius 1 is 0.914 bits per heavy atom. The van der Waals surface area contributed by atoms with Crippen LogP contribution in [0.15, 0.2) is 45.6 Å². The van der Waals surface area contributed by atoms with E-state index in [1.165, 1.54) is 6.07 Å². The molecule has 8 nitrogen and oxygen atoms in total. The minimum absolute atomic E-state index is 0.00608. The van der Waals surface area contributed by atoms with E-state index in [-0.39, 0.29) is 12.0 Å². The topological polar surface area (TPSA) is 96.6 Å². The van der Waals surface area contributed by atoms with Gasteiger partial charge in [-0.15, -0.1) is 0 Å². The molecule has 1 N–H and O–H groups in total. The average Bonchev–Trinajstić information content (AvgIpc) is 2.84. The summed E-state index contributed by atoms with van der Waals surface area (Å²) in [5, 5.41) is 9.49. The number of aliphatic hydroxyl groups excluding tert-OH is 1. The Hall–Kier alpha value is -1.89. The first kappa shape index (κ1) is 27.7. The van der Waals surface area contributed by atoms with E-state index in [0.29, 0.717) is 91.7 Å². The van der Waals surface area contributed by atoms with Crippen molar-refractivity contribution in [2.24, 2.45) is 0 Å². The highest BCUT2D eigenvalue weighted by atomic mass is 127. The van der Waals surface area contributed by atoms with Crippen molar-refractivity contribution < 1.29 is 33.2 Å². The summed E-state index contributed by atoms with van der Waals surface area (Å²) in [5.74, 6) is 1.61. The maximum Gasteiger partial charge on any atom is 0.193 e. The van der Waals surface area contributed by atoms with Crippen LogP contribution in [0.2, 0.25) is 5.02 Å². The third-order valence-corrected chi connectivity index (χ3v) is 5.92. The number of hydrogen-bond acceptors (Lipinski definition) is 8. The Bertz CT molecular complexity index is 1150. The van der Waals surface area contributed by atoms with Crippen molar-refractivity contribution in [3.63, 3.8) is 0 Å². The van der Waals surface area contributed by atoms with Crippen LogP contribution in [-0.2, 0) is 14.2 Å². The summed E-state index contributed by atoms with van der Waals surface area (Å²) in [6.45, 7) is 5.25. The summed E-state index contributed by atoms with van der Waals surface area (Å²) in [6, 6.07) is 10.1. The number of rotatable bonds is 15. The average molecular weight is 619 g/mol. The first-order valence-electron chi connectivity index (χ1n) is 11.2. The number of aliphatic hydroxyl groups is 1. The Morgan fingerprint density at radius 2 is 1.60 bits per heavy atom. The molecule has 1 heterocycles. The van der Waals surface area contributed by atoms with E-state index in [1.54, 1.807) is 30.3 Å². The maximum absolute atomic E-state index is 12.7. The van der Waals surface area contributed by atoms with Crippen LogP contribution in [0.1, 0.15) is 6.92 Å². The highest BCUT2D eigenvalue weighted by Gasteiger charge is 2.14. The van der Waals surface area contributed by atoms with E-state index < -0.39 is 0 Å². The first-order valence-corrected chi connectivity index (χ1v) is 12.7. The molecule has 0 saturated heterocycles. The van der Waals surface area contributed by atoms with Gasteiger partial charge < -0.3 is 33.2 Å². The number of fused-ring (bicyclic) bond motifs is 1. The second-order valence-corrected chi connectivity index (χ2v) is 8.81. The molecule has 0 radical (unpaired) electrons. The zero-order valence-corrected chi connectivity index (χ0v) is 22.3. The minimum atomic E-state index is -0.155. The molecule has 0 unspecified atom stereocenters. The fourth-order valence-electron chi connectivity index (χ4n) is 3.17. The van der Waals surface area contributed by atoms with E-state index in [1.807, 2.05) is 6.92 Å². The molecule has 0 fully saturated rings. The van der Waals surface area contributed by atoms with E-state index in [4.69, 9.17) is 44.8 Å². The third-order valence-electron chi connectivity index (χ3n) is 4.76. The summed E-state index contributed by atoms with van der Waals surface area (Å²) in [7, 11) is 0. The van der Waals surface area contributed by atoms with Crippen LogP contribution in [0.25, 0.3) is 22.3 Å². The molecule has 2 aromatic carbocycles. The van der Waals surface area contributed by atoms with Crippen molar-refractivity contribution in [3.8, 4) is 22.8 Å². The van der Waals surface area contributed by atoms with Crippen LogP contribution in [0, 0.1) is 3.57 Å². The Labute approximate surface area is 222 Å². The van der Waals surface area contributed by atoms with Crippen LogP contribution in [-0.4, -0.2) is 64.6 Å². The molecule has 3 aromatic rings. The quantitative estimate of drug-likeness (QED) is 0.196. The Morgan fingerprint density at radius 3 is 2.26 bits per heavy atom. The lowest BCUT2D eigenvalue weighted by molar-refractivity contribution is 0.00361. The van der Waals surface area contributed by atoms with Crippen LogP contribution < -0.4 is 14.9 Å². The molecule has 10 heteroatoms. The SMILES string of the molecule is CCOc1cc2oc(-c3ccc(OCCOCCOCCOCCO)cc3Cl)cc(=O)c2cc1I. The van der Waals surface area contributed by atoms with Gasteiger partial charge in [0, 0.05) is 17.7 Å². The van der Waals surface area contributed by atoms with Gasteiger partial charge in [-0.3, -0.25) is 4.79 Å². The van der Waals surface area contributed by atoms with E-state index in [0.717, 1.165) is 3.57 Å². The van der Waals surface area contributed by atoms with E-state index in [2.05, 4.69) is 22.6 Å². The van der Waals surface area contributed by atoms with Gasteiger partial charge in [-0.1, -0.05) is 11.6 Å². The Kier molecular flexibility index (Phi) is 11.6. The van der Waals surface area contributed by atoms with Gasteiger partial charge in [-0.05, 0) is 53.8 Å². The van der Waals surface area contributed by atoms with Crippen LogP contribution in [0.5, 0.6) is 11.5 Å². The molecule has 0 aliphatic heterocycles. The summed E-state index contributed by atoms with van der Waals surface area (Å²) >= 11 is 8.61. The molecule has 0 amide bonds. The predicted octanol–water partition coefficient (Wildman–Crippen LogP) is 4.54. The maximum atomic E-state index is 12.7. The normalized spacial score (nSPS) is 11.2. The predicted molar refractivity (Wildman–Crippen MR) is 142 cm³/mol. The number of ether oxygens (including phenoxy) is 5. The molecule has 0 spiro atoms.